The molecule has 0 radical (unpaired) electrons. The molecule has 0 spiro atoms. The van der Waals surface area contributed by atoms with Gasteiger partial charge in [-0.1, -0.05) is 39.0 Å². The number of fused-ring (bicyclic) bond motifs is 5. The monoisotopic (exact) mass is 755 g/mol. The molecule has 4 heterocycles. The van der Waals surface area contributed by atoms with Crippen molar-refractivity contribution in [2.45, 2.75) is 101 Å². The summed E-state index contributed by atoms with van der Waals surface area (Å²) in [5.74, 6) is -1.64. The van der Waals surface area contributed by atoms with Gasteiger partial charge in [-0.2, -0.15) is 0 Å². The summed E-state index contributed by atoms with van der Waals surface area (Å²) in [5, 5.41) is 4.74. The molecular formula is C36H45N5O11S. The lowest BCUT2D eigenvalue weighted by Gasteiger charge is -2.35. The number of hydrogen-bond donors (Lipinski definition) is 3. The summed E-state index contributed by atoms with van der Waals surface area (Å²) in [4.78, 5) is 71.5. The van der Waals surface area contributed by atoms with Gasteiger partial charge in [-0.05, 0) is 54.7 Å². The van der Waals surface area contributed by atoms with Crippen LogP contribution in [0.2, 0.25) is 0 Å². The smallest absolute Gasteiger partial charge is 0.410 e. The Morgan fingerprint density at radius 3 is 2.58 bits per heavy atom. The molecule has 1 unspecified atom stereocenters. The summed E-state index contributed by atoms with van der Waals surface area (Å²) in [6.07, 6.45) is 4.83. The minimum absolute atomic E-state index is 0.0733. The van der Waals surface area contributed by atoms with Crippen molar-refractivity contribution in [2.24, 2.45) is 11.3 Å². The maximum atomic E-state index is 14.4. The van der Waals surface area contributed by atoms with Gasteiger partial charge in [0.25, 0.3) is 5.91 Å². The van der Waals surface area contributed by atoms with Crippen LogP contribution in [0.4, 0.5) is 9.59 Å². The third kappa shape index (κ3) is 7.14. The Hall–Kier alpha value is -4.80. The van der Waals surface area contributed by atoms with Crippen molar-refractivity contribution >= 4 is 46.0 Å². The number of amides is 5. The van der Waals surface area contributed by atoms with E-state index >= 15 is 0 Å². The first-order valence-corrected chi connectivity index (χ1v) is 19.5. The second-order valence-corrected chi connectivity index (χ2v) is 17.5. The number of allylic oxidation sites excluding steroid dienone is 1. The molecule has 4 aliphatic heterocycles. The number of hydrogen-bond acceptors (Lipinski definition) is 11. The Morgan fingerprint density at radius 2 is 1.89 bits per heavy atom. The van der Waals surface area contributed by atoms with Crippen LogP contribution >= 0.6 is 0 Å². The average molecular weight is 756 g/mol. The summed E-state index contributed by atoms with van der Waals surface area (Å²) < 4.78 is 50.3. The third-order valence-electron chi connectivity index (χ3n) is 10.6. The van der Waals surface area contributed by atoms with Crippen molar-refractivity contribution in [3.63, 3.8) is 0 Å². The molecule has 1 aromatic rings. The van der Waals surface area contributed by atoms with Crippen LogP contribution in [0.3, 0.4) is 0 Å². The van der Waals surface area contributed by atoms with Gasteiger partial charge in [0.15, 0.2) is 11.5 Å². The summed E-state index contributed by atoms with van der Waals surface area (Å²) in [6, 6.07) is -0.548. The maximum Gasteiger partial charge on any atom is 0.410 e. The molecule has 286 valence electrons. The quantitative estimate of drug-likeness (QED) is 0.361. The van der Waals surface area contributed by atoms with E-state index in [4.69, 9.17) is 18.9 Å². The van der Waals surface area contributed by atoms with Gasteiger partial charge < -0.3 is 34.5 Å². The van der Waals surface area contributed by atoms with Gasteiger partial charge in [0, 0.05) is 24.4 Å². The van der Waals surface area contributed by atoms with Crippen LogP contribution in [-0.4, -0.2) is 97.0 Å². The second kappa shape index (κ2) is 13.6. The predicted molar refractivity (Wildman–Crippen MR) is 187 cm³/mol. The SMILES string of the molecule is C=C[C@H]1C[C@@]1(NC(=O)C1C[C@@H]2CN1C(=O)[C@H](C(C)(C)C)NC(=O)OCCC/C=C\c1c3c(cc4c1OCO4)CN(C3)C(=O)O2)C(=O)NS(=O)(=O)C1CC1. The minimum Gasteiger partial charge on any atom is -0.454 e. The van der Waals surface area contributed by atoms with Crippen LogP contribution in [0, 0.1) is 11.3 Å². The van der Waals surface area contributed by atoms with Gasteiger partial charge >= 0.3 is 12.2 Å². The van der Waals surface area contributed by atoms with Crippen LogP contribution in [-0.2, 0) is 47.0 Å². The predicted octanol–water partition coefficient (Wildman–Crippen LogP) is 2.45. The Morgan fingerprint density at radius 1 is 1.11 bits per heavy atom. The van der Waals surface area contributed by atoms with Crippen molar-refractivity contribution in [3.05, 3.63) is 41.5 Å². The van der Waals surface area contributed by atoms with E-state index < -0.39 is 80.2 Å². The molecule has 2 aliphatic carbocycles. The maximum absolute atomic E-state index is 14.4. The second-order valence-electron chi connectivity index (χ2n) is 15.6. The molecule has 3 fully saturated rings. The molecule has 5 amide bonds. The summed E-state index contributed by atoms with van der Waals surface area (Å²) in [7, 11) is -3.92. The number of sulfonamides is 1. The minimum atomic E-state index is -3.92. The number of rotatable bonds is 6. The highest BCUT2D eigenvalue weighted by Gasteiger charge is 2.62. The number of benzene rings is 1. The van der Waals surface area contributed by atoms with Gasteiger partial charge in [-0.25, -0.2) is 18.0 Å². The molecule has 17 heteroatoms. The van der Waals surface area contributed by atoms with Crippen LogP contribution in [0.15, 0.2) is 24.8 Å². The lowest BCUT2D eigenvalue weighted by atomic mass is 9.85. The fourth-order valence-corrected chi connectivity index (χ4v) is 8.76. The van der Waals surface area contributed by atoms with Crippen molar-refractivity contribution in [3.8, 4) is 11.5 Å². The molecule has 4 bridgehead atoms. The highest BCUT2D eigenvalue weighted by molar-refractivity contribution is 7.91. The Balaban J connectivity index is 1.17. The normalized spacial score (nSPS) is 29.2. The van der Waals surface area contributed by atoms with Gasteiger partial charge in [0.05, 0.1) is 24.9 Å². The van der Waals surface area contributed by atoms with E-state index in [-0.39, 0.29) is 45.9 Å². The van der Waals surface area contributed by atoms with E-state index in [1.165, 1.54) is 15.9 Å². The molecule has 7 rings (SSSR count). The van der Waals surface area contributed by atoms with Crippen LogP contribution in [0.25, 0.3) is 6.08 Å². The fraction of sp³-hybridized carbons (Fsp3) is 0.583. The first kappa shape index (κ1) is 36.6. The van der Waals surface area contributed by atoms with Crippen molar-refractivity contribution in [2.75, 3.05) is 19.9 Å². The molecular weight excluding hydrogens is 710 g/mol. The lowest BCUT2D eigenvalue weighted by molar-refractivity contribution is -0.142. The van der Waals surface area contributed by atoms with Crippen LogP contribution < -0.4 is 24.8 Å². The number of alkyl carbamates (subject to hydrolysis) is 1. The van der Waals surface area contributed by atoms with Gasteiger partial charge in [-0.15, -0.1) is 6.58 Å². The first-order valence-electron chi connectivity index (χ1n) is 17.9. The summed E-state index contributed by atoms with van der Waals surface area (Å²) >= 11 is 0. The molecule has 6 aliphatic rings. The number of carbonyl (C=O) groups excluding carboxylic acids is 5. The van der Waals surface area contributed by atoms with E-state index in [0.29, 0.717) is 37.2 Å². The molecule has 1 saturated heterocycles. The molecule has 53 heavy (non-hydrogen) atoms. The zero-order valence-electron chi connectivity index (χ0n) is 30.0. The van der Waals surface area contributed by atoms with E-state index in [9.17, 15) is 32.4 Å². The first-order chi connectivity index (χ1) is 25.1. The third-order valence-corrected chi connectivity index (χ3v) is 12.5. The molecule has 16 nitrogen and oxygen atoms in total. The standard InChI is InChI=1S/C36H45N5O11S/c1-5-21-15-36(21,32(44)39-53(47,48)23-10-11-23)38-30(42)26-14-22-17-41(26)31(43)29(35(2,3)4)37-33(45)49-12-8-6-7-9-24-25-18-40(34(46)52-22)16-20(25)13-27-28(24)51-19-50-27/h5,7,9,13,21-23,26,29H,1,6,8,10-12,14-19H2,2-4H3,(H,37,45)(H,38,42)(H,39,44)/b9-7-/t21-,22+,26?,29+,36-/m0/s1. The summed E-state index contributed by atoms with van der Waals surface area (Å²) in [5.41, 5.74) is 0.0764. The molecule has 0 aromatic heterocycles. The Kier molecular flexibility index (Phi) is 9.35. The van der Waals surface area contributed by atoms with Gasteiger partial charge in [0.1, 0.15) is 23.7 Å². The topological polar surface area (TPSA) is 199 Å². The number of nitrogens with one attached hydrogen (secondary N) is 3. The van der Waals surface area contributed by atoms with Crippen molar-refractivity contribution in [1.82, 2.24) is 25.2 Å². The highest BCUT2D eigenvalue weighted by Crippen LogP contribution is 2.46. The lowest BCUT2D eigenvalue weighted by Crippen LogP contribution is -2.60. The number of carbonyl (C=O) groups is 5. The van der Waals surface area contributed by atoms with Gasteiger partial charge in [0.2, 0.25) is 28.6 Å². The molecule has 2 saturated carbocycles. The van der Waals surface area contributed by atoms with E-state index in [2.05, 4.69) is 21.9 Å². The number of cyclic esters (lactones) is 1. The van der Waals surface area contributed by atoms with E-state index in [0.717, 1.165) is 16.7 Å². The average Bonchev–Trinajstić information content (AvgIpc) is 3.91. The van der Waals surface area contributed by atoms with Crippen LogP contribution in [0.5, 0.6) is 11.5 Å². The Bertz CT molecular complexity index is 1890. The van der Waals surface area contributed by atoms with Gasteiger partial charge in [-0.3, -0.25) is 24.0 Å². The van der Waals surface area contributed by atoms with E-state index in [1.807, 2.05) is 18.2 Å². The molecule has 3 N–H and O–H groups in total. The van der Waals surface area contributed by atoms with Crippen LogP contribution in [0.1, 0.15) is 76.0 Å². The van der Waals surface area contributed by atoms with E-state index in [1.54, 1.807) is 20.8 Å². The zero-order chi connectivity index (χ0) is 37.9. The fourth-order valence-electron chi connectivity index (χ4n) is 7.40. The van der Waals surface area contributed by atoms with Crippen molar-refractivity contribution < 1.29 is 51.3 Å². The largest absolute Gasteiger partial charge is 0.454 e. The number of ether oxygens (including phenoxy) is 4. The summed E-state index contributed by atoms with van der Waals surface area (Å²) in [6.45, 7) is 9.43. The molecule has 1 aromatic carbocycles. The van der Waals surface area contributed by atoms with Crippen molar-refractivity contribution in [1.29, 1.82) is 0 Å². The number of nitrogens with zero attached hydrogens (tertiary/aromatic N) is 2. The molecule has 5 atom stereocenters. The highest BCUT2D eigenvalue weighted by atomic mass is 32.2. The Labute approximate surface area is 307 Å². The zero-order valence-corrected chi connectivity index (χ0v) is 30.8.